The molecule has 1 unspecified atom stereocenters. The van der Waals surface area contributed by atoms with E-state index in [-0.39, 0.29) is 24.2 Å². The molecule has 6 heteroatoms. The molecule has 0 aliphatic carbocycles. The van der Waals surface area contributed by atoms with Crippen LogP contribution in [0.2, 0.25) is 0 Å². The summed E-state index contributed by atoms with van der Waals surface area (Å²) in [5.74, 6) is 0.861. The van der Waals surface area contributed by atoms with E-state index in [1.54, 1.807) is 37.1 Å². The van der Waals surface area contributed by atoms with Gasteiger partial charge in [-0.1, -0.05) is 48.5 Å². The number of hydrogen-bond donors (Lipinski definition) is 1. The highest BCUT2D eigenvalue weighted by Gasteiger charge is 2.23. The third-order valence-corrected chi connectivity index (χ3v) is 4.74. The smallest absolute Gasteiger partial charge is 0.273 e. The van der Waals surface area contributed by atoms with Crippen LogP contribution in [0.1, 0.15) is 28.5 Å². The van der Waals surface area contributed by atoms with E-state index in [1.165, 1.54) is 0 Å². The largest absolute Gasteiger partial charge is 0.497 e. The Morgan fingerprint density at radius 2 is 1.73 bits per heavy atom. The topological polar surface area (TPSA) is 71.9 Å². The fraction of sp³-hybridized carbons (Fsp3) is 0.250. The third kappa shape index (κ3) is 5.58. The Bertz CT molecular complexity index is 945. The summed E-state index contributed by atoms with van der Waals surface area (Å²) in [6, 6.07) is 22.0. The molecule has 1 aromatic heterocycles. The molecule has 0 bridgehead atoms. The molecule has 1 atom stereocenters. The number of aromatic nitrogens is 1. The van der Waals surface area contributed by atoms with Gasteiger partial charge < -0.3 is 19.5 Å². The van der Waals surface area contributed by atoms with E-state index in [4.69, 9.17) is 9.47 Å². The van der Waals surface area contributed by atoms with Gasteiger partial charge in [-0.2, -0.15) is 0 Å². The minimum absolute atomic E-state index is 0.147. The highest BCUT2D eigenvalue weighted by molar-refractivity contribution is 5.92. The number of aliphatic hydroxyl groups is 1. The zero-order chi connectivity index (χ0) is 21.3. The second-order valence-corrected chi connectivity index (χ2v) is 6.95. The van der Waals surface area contributed by atoms with E-state index in [1.807, 2.05) is 54.6 Å². The predicted molar refractivity (Wildman–Crippen MR) is 114 cm³/mol. The molecular formula is C24H26N2O4. The summed E-state index contributed by atoms with van der Waals surface area (Å²) in [6.07, 6.45) is 0. The zero-order valence-electron chi connectivity index (χ0n) is 17.2. The monoisotopic (exact) mass is 406 g/mol. The van der Waals surface area contributed by atoms with Gasteiger partial charge in [0.25, 0.3) is 5.91 Å². The number of benzene rings is 2. The van der Waals surface area contributed by atoms with E-state index < -0.39 is 0 Å². The van der Waals surface area contributed by atoms with Gasteiger partial charge in [0.2, 0.25) is 5.88 Å². The van der Waals surface area contributed by atoms with Gasteiger partial charge >= 0.3 is 0 Å². The van der Waals surface area contributed by atoms with Gasteiger partial charge in [0.1, 0.15) is 18.1 Å². The molecule has 0 saturated heterocycles. The molecule has 0 aliphatic heterocycles. The minimum atomic E-state index is -0.365. The normalized spacial score (nSPS) is 11.6. The molecule has 6 nitrogen and oxygen atoms in total. The van der Waals surface area contributed by atoms with Crippen molar-refractivity contribution < 1.29 is 19.4 Å². The number of pyridine rings is 1. The molecule has 156 valence electrons. The summed E-state index contributed by atoms with van der Waals surface area (Å²) in [6.45, 7) is 2.37. The van der Waals surface area contributed by atoms with E-state index >= 15 is 0 Å². The minimum Gasteiger partial charge on any atom is -0.497 e. The molecule has 3 aromatic rings. The van der Waals surface area contributed by atoms with E-state index in [9.17, 15) is 9.90 Å². The molecule has 1 N–H and O–H groups in total. The number of aliphatic hydroxyl groups excluding tert-OH is 1. The number of rotatable bonds is 9. The fourth-order valence-corrected chi connectivity index (χ4v) is 2.95. The molecule has 30 heavy (non-hydrogen) atoms. The van der Waals surface area contributed by atoms with E-state index in [0.29, 0.717) is 19.0 Å². The fourth-order valence-electron chi connectivity index (χ4n) is 2.95. The lowest BCUT2D eigenvalue weighted by molar-refractivity contribution is 0.0591. The molecule has 0 saturated carbocycles. The summed E-state index contributed by atoms with van der Waals surface area (Å²) in [5, 5.41) is 9.67. The van der Waals surface area contributed by atoms with Gasteiger partial charge in [0.05, 0.1) is 19.8 Å². The van der Waals surface area contributed by atoms with Crippen LogP contribution < -0.4 is 9.47 Å². The Balaban J connectivity index is 1.74. The predicted octanol–water partition coefficient (Wildman–Crippen LogP) is 3.69. The van der Waals surface area contributed by atoms with Gasteiger partial charge in [-0.25, -0.2) is 4.98 Å². The van der Waals surface area contributed by atoms with Crippen LogP contribution in [0.3, 0.4) is 0 Å². The second-order valence-electron chi connectivity index (χ2n) is 6.95. The first-order chi connectivity index (χ1) is 14.6. The van der Waals surface area contributed by atoms with Crippen molar-refractivity contribution in [2.45, 2.75) is 26.1 Å². The molecule has 0 radical (unpaired) electrons. The average Bonchev–Trinajstić information content (AvgIpc) is 2.81. The summed E-state index contributed by atoms with van der Waals surface area (Å²) >= 11 is 0. The maximum Gasteiger partial charge on any atom is 0.273 e. The van der Waals surface area contributed by atoms with Crippen LogP contribution in [0.25, 0.3) is 0 Å². The number of hydrogen-bond acceptors (Lipinski definition) is 5. The number of ether oxygens (including phenoxy) is 2. The summed E-state index contributed by atoms with van der Waals surface area (Å²) in [5.41, 5.74) is 2.22. The summed E-state index contributed by atoms with van der Waals surface area (Å²) in [4.78, 5) is 19.2. The number of amides is 1. The Morgan fingerprint density at radius 3 is 2.40 bits per heavy atom. The van der Waals surface area contributed by atoms with Crippen LogP contribution in [0.4, 0.5) is 0 Å². The quantitative estimate of drug-likeness (QED) is 0.587. The van der Waals surface area contributed by atoms with E-state index in [0.717, 1.165) is 16.9 Å². The highest BCUT2D eigenvalue weighted by atomic mass is 16.5. The van der Waals surface area contributed by atoms with Crippen molar-refractivity contribution in [3.8, 4) is 11.6 Å². The lowest BCUT2D eigenvalue weighted by Crippen LogP contribution is -2.40. The molecule has 1 heterocycles. The molecular weight excluding hydrogens is 380 g/mol. The second kappa shape index (κ2) is 10.4. The molecule has 3 rings (SSSR count). The van der Waals surface area contributed by atoms with Gasteiger partial charge in [0.15, 0.2) is 0 Å². The van der Waals surface area contributed by atoms with Crippen molar-refractivity contribution >= 4 is 5.91 Å². The van der Waals surface area contributed by atoms with Crippen molar-refractivity contribution in [1.82, 2.24) is 9.88 Å². The van der Waals surface area contributed by atoms with Crippen molar-refractivity contribution in [1.29, 1.82) is 0 Å². The van der Waals surface area contributed by atoms with Crippen LogP contribution in [-0.4, -0.2) is 40.7 Å². The van der Waals surface area contributed by atoms with E-state index in [2.05, 4.69) is 4.98 Å². The standard InChI is InChI=1S/C24H26N2O4/c1-18(16-27)26(15-19-11-13-21(29-2)14-12-19)24(28)22-9-6-10-23(25-22)30-17-20-7-4-3-5-8-20/h3-14,18,27H,15-17H2,1-2H3. The first kappa shape index (κ1) is 21.3. The van der Waals surface area contributed by atoms with Gasteiger partial charge in [-0.05, 0) is 36.2 Å². The van der Waals surface area contributed by atoms with Crippen molar-refractivity contribution in [3.63, 3.8) is 0 Å². The Morgan fingerprint density at radius 1 is 1.00 bits per heavy atom. The average molecular weight is 406 g/mol. The van der Waals surface area contributed by atoms with Crippen LogP contribution in [0, 0.1) is 0 Å². The van der Waals surface area contributed by atoms with Crippen molar-refractivity contribution in [2.24, 2.45) is 0 Å². The van der Waals surface area contributed by atoms with Gasteiger partial charge in [-0.15, -0.1) is 0 Å². The van der Waals surface area contributed by atoms with Crippen molar-refractivity contribution in [2.75, 3.05) is 13.7 Å². The lowest BCUT2D eigenvalue weighted by Gasteiger charge is -2.28. The van der Waals surface area contributed by atoms with Crippen LogP contribution in [-0.2, 0) is 13.2 Å². The van der Waals surface area contributed by atoms with Crippen LogP contribution >= 0.6 is 0 Å². The molecule has 0 aliphatic rings. The molecule has 0 fully saturated rings. The van der Waals surface area contributed by atoms with Crippen LogP contribution in [0.5, 0.6) is 11.6 Å². The third-order valence-electron chi connectivity index (χ3n) is 4.74. The number of methoxy groups -OCH3 is 1. The van der Waals surface area contributed by atoms with Gasteiger partial charge in [-0.3, -0.25) is 4.79 Å². The maximum absolute atomic E-state index is 13.2. The highest BCUT2D eigenvalue weighted by Crippen LogP contribution is 2.18. The van der Waals surface area contributed by atoms with Crippen molar-refractivity contribution in [3.05, 3.63) is 89.6 Å². The Kier molecular flexibility index (Phi) is 7.40. The lowest BCUT2D eigenvalue weighted by atomic mass is 10.1. The molecule has 0 spiro atoms. The number of carbonyl (C=O) groups excluding carboxylic acids is 1. The summed E-state index contributed by atoms with van der Waals surface area (Å²) < 4.78 is 10.9. The van der Waals surface area contributed by atoms with Gasteiger partial charge in [0, 0.05) is 12.6 Å². The SMILES string of the molecule is COc1ccc(CN(C(=O)c2cccc(OCc3ccccc3)n2)C(C)CO)cc1. The maximum atomic E-state index is 13.2. The Labute approximate surface area is 176 Å². The molecule has 1 amide bonds. The number of carbonyl (C=O) groups is 1. The summed E-state index contributed by atoms with van der Waals surface area (Å²) in [7, 11) is 1.61. The molecule has 2 aromatic carbocycles. The Hall–Kier alpha value is -3.38. The van der Waals surface area contributed by atoms with Crippen LogP contribution in [0.15, 0.2) is 72.8 Å². The first-order valence-corrected chi connectivity index (χ1v) is 9.79. The zero-order valence-corrected chi connectivity index (χ0v) is 17.2. The number of nitrogens with zero attached hydrogens (tertiary/aromatic N) is 2. The first-order valence-electron chi connectivity index (χ1n) is 9.79.